The van der Waals surface area contributed by atoms with Gasteiger partial charge in [-0.15, -0.1) is 11.8 Å². The highest BCUT2D eigenvalue weighted by molar-refractivity contribution is 8.00. The van der Waals surface area contributed by atoms with Gasteiger partial charge in [-0.2, -0.15) is 0 Å². The van der Waals surface area contributed by atoms with Crippen molar-refractivity contribution in [3.8, 4) is 11.4 Å². The number of benzene rings is 2. The van der Waals surface area contributed by atoms with Crippen molar-refractivity contribution in [2.24, 2.45) is 0 Å². The number of amides is 2. The molecule has 1 unspecified atom stereocenters. The maximum absolute atomic E-state index is 13.2. The molecule has 2 aliphatic heterocycles. The van der Waals surface area contributed by atoms with Gasteiger partial charge in [0.2, 0.25) is 0 Å². The monoisotopic (exact) mass is 560 g/mol. The molecule has 2 saturated heterocycles. The molecule has 3 heterocycles. The van der Waals surface area contributed by atoms with E-state index in [0.717, 1.165) is 84.6 Å². The molecular formula is C32H40N4O3S. The van der Waals surface area contributed by atoms with Crippen molar-refractivity contribution in [1.29, 1.82) is 0 Å². The summed E-state index contributed by atoms with van der Waals surface area (Å²) in [6.07, 6.45) is 8.17. The number of carbonyl (C=O) groups is 2. The van der Waals surface area contributed by atoms with Crippen molar-refractivity contribution >= 4 is 29.4 Å². The smallest absolute Gasteiger partial charge is 0.407 e. The summed E-state index contributed by atoms with van der Waals surface area (Å²) in [5, 5.41) is 12.8. The van der Waals surface area contributed by atoms with Gasteiger partial charge in [-0.1, -0.05) is 49.6 Å². The standard InChI is InChI=1S/C32H40N4O3S/c1-5-6-7-18-35-20-27(30(37)34-26-14-8-21(2)19-22(26)3)33-29(35)23-9-12-25(13-10-23)40-32(4)17-16-24-11-15-28(32)36(24)31(38)39/h8-10,12-14,19-20,24,28H,5-7,11,15-18H2,1-4H3,(H,34,37)(H,38,39)/t24-,28+,32?/m0/s1. The van der Waals surface area contributed by atoms with Gasteiger partial charge in [0.25, 0.3) is 5.91 Å². The number of unbranched alkanes of at least 4 members (excludes halogenated alkanes) is 2. The second-order valence-electron chi connectivity index (χ2n) is 11.5. The summed E-state index contributed by atoms with van der Waals surface area (Å²) in [4.78, 5) is 32.8. The number of anilines is 1. The van der Waals surface area contributed by atoms with Crippen LogP contribution in [0, 0.1) is 13.8 Å². The van der Waals surface area contributed by atoms with Crippen LogP contribution < -0.4 is 5.32 Å². The summed E-state index contributed by atoms with van der Waals surface area (Å²) in [6, 6.07) is 14.6. The lowest BCUT2D eigenvalue weighted by atomic mass is 9.91. The molecule has 2 bridgehead atoms. The molecule has 2 amide bonds. The molecule has 212 valence electrons. The zero-order valence-electron chi connectivity index (χ0n) is 23.9. The predicted octanol–water partition coefficient (Wildman–Crippen LogP) is 7.77. The van der Waals surface area contributed by atoms with E-state index in [1.54, 1.807) is 16.7 Å². The van der Waals surface area contributed by atoms with E-state index in [-0.39, 0.29) is 22.7 Å². The van der Waals surface area contributed by atoms with Crippen LogP contribution in [-0.2, 0) is 6.54 Å². The highest BCUT2D eigenvalue weighted by Gasteiger charge is 2.51. The molecule has 40 heavy (non-hydrogen) atoms. The summed E-state index contributed by atoms with van der Waals surface area (Å²) in [5.41, 5.74) is 4.35. The first kappa shape index (κ1) is 28.3. The van der Waals surface area contributed by atoms with Crippen LogP contribution in [0.1, 0.15) is 80.4 Å². The zero-order valence-corrected chi connectivity index (χ0v) is 24.8. The van der Waals surface area contributed by atoms with Gasteiger partial charge in [-0.25, -0.2) is 9.78 Å². The molecular weight excluding hydrogens is 520 g/mol. The molecule has 7 nitrogen and oxygen atoms in total. The first-order chi connectivity index (χ1) is 19.2. The topological polar surface area (TPSA) is 87.5 Å². The third-order valence-corrected chi connectivity index (χ3v) is 9.96. The van der Waals surface area contributed by atoms with Crippen LogP contribution in [0.2, 0.25) is 0 Å². The van der Waals surface area contributed by atoms with E-state index in [0.29, 0.717) is 5.69 Å². The van der Waals surface area contributed by atoms with Gasteiger partial charge >= 0.3 is 6.09 Å². The summed E-state index contributed by atoms with van der Waals surface area (Å²) >= 11 is 1.79. The van der Waals surface area contributed by atoms with E-state index in [9.17, 15) is 14.7 Å². The second kappa shape index (κ2) is 11.7. The molecule has 5 rings (SSSR count). The van der Waals surface area contributed by atoms with Gasteiger partial charge in [0.15, 0.2) is 0 Å². The van der Waals surface area contributed by atoms with Crippen LogP contribution in [0.5, 0.6) is 0 Å². The average molecular weight is 561 g/mol. The van der Waals surface area contributed by atoms with Crippen LogP contribution in [0.25, 0.3) is 11.4 Å². The maximum atomic E-state index is 13.2. The van der Waals surface area contributed by atoms with Gasteiger partial charge in [0.05, 0.1) is 6.04 Å². The Balaban J connectivity index is 1.36. The number of nitrogens with one attached hydrogen (secondary N) is 1. The number of aryl methyl sites for hydroxylation is 3. The first-order valence-electron chi connectivity index (χ1n) is 14.4. The fourth-order valence-corrected chi connectivity index (χ4v) is 7.73. The predicted molar refractivity (Wildman–Crippen MR) is 161 cm³/mol. The second-order valence-corrected chi connectivity index (χ2v) is 13.1. The minimum Gasteiger partial charge on any atom is -0.465 e. The lowest BCUT2D eigenvalue weighted by Gasteiger charge is -2.45. The van der Waals surface area contributed by atoms with Crippen molar-refractivity contribution < 1.29 is 14.7 Å². The Bertz CT molecular complexity index is 1390. The number of piperidine rings is 1. The van der Waals surface area contributed by atoms with Crippen LogP contribution in [0.4, 0.5) is 10.5 Å². The highest BCUT2D eigenvalue weighted by Crippen LogP contribution is 2.50. The zero-order chi connectivity index (χ0) is 28.4. The fourth-order valence-electron chi connectivity index (χ4n) is 6.33. The molecule has 0 spiro atoms. The van der Waals surface area contributed by atoms with E-state index >= 15 is 0 Å². The van der Waals surface area contributed by atoms with E-state index in [1.165, 1.54) is 0 Å². The summed E-state index contributed by atoms with van der Waals surface area (Å²) in [6.45, 7) is 9.23. The number of hydrogen-bond donors (Lipinski definition) is 2. The minimum atomic E-state index is -0.790. The van der Waals surface area contributed by atoms with Crippen LogP contribution in [0.3, 0.4) is 0 Å². The first-order valence-corrected chi connectivity index (χ1v) is 15.3. The van der Waals surface area contributed by atoms with E-state index in [2.05, 4.69) is 54.1 Å². The van der Waals surface area contributed by atoms with Crippen LogP contribution in [-0.4, -0.2) is 48.4 Å². The normalized spacial score (nSPS) is 21.9. The molecule has 1 aromatic heterocycles. The molecule has 2 N–H and O–H groups in total. The number of nitrogens with zero attached hydrogens (tertiary/aromatic N) is 3. The van der Waals surface area contributed by atoms with Crippen molar-refractivity contribution in [1.82, 2.24) is 14.5 Å². The van der Waals surface area contributed by atoms with E-state index in [4.69, 9.17) is 4.98 Å². The number of thioether (sulfide) groups is 1. The Morgan fingerprint density at radius 3 is 2.58 bits per heavy atom. The summed E-state index contributed by atoms with van der Waals surface area (Å²) < 4.78 is 1.95. The molecule has 2 aromatic carbocycles. The largest absolute Gasteiger partial charge is 0.465 e. The number of fused-ring (bicyclic) bond motifs is 2. The number of aromatic nitrogens is 2. The van der Waals surface area contributed by atoms with Crippen LogP contribution in [0.15, 0.2) is 53.6 Å². The minimum absolute atomic E-state index is 0.0455. The number of imidazole rings is 1. The number of rotatable bonds is 9. The number of carboxylic acid groups (broad SMARTS) is 1. The van der Waals surface area contributed by atoms with E-state index in [1.807, 2.05) is 32.2 Å². The van der Waals surface area contributed by atoms with Crippen molar-refractivity contribution in [2.75, 3.05) is 5.32 Å². The van der Waals surface area contributed by atoms with Gasteiger partial charge in [0, 0.05) is 39.7 Å². The SMILES string of the molecule is CCCCCn1cc(C(=O)Nc2ccc(C)cc2C)nc1-c1ccc(SC2(C)CC[C@@H]3CC[C@H]2N3C(=O)O)cc1. The Morgan fingerprint density at radius 1 is 1.10 bits per heavy atom. The van der Waals surface area contributed by atoms with Gasteiger partial charge in [0.1, 0.15) is 11.5 Å². The molecule has 0 aliphatic carbocycles. The quantitative estimate of drug-likeness (QED) is 0.261. The third-order valence-electron chi connectivity index (χ3n) is 8.51. The maximum Gasteiger partial charge on any atom is 0.407 e. The fraction of sp³-hybridized carbons (Fsp3) is 0.469. The average Bonchev–Trinajstić information content (AvgIpc) is 3.51. The molecule has 8 heteroatoms. The van der Waals surface area contributed by atoms with E-state index < -0.39 is 6.09 Å². The Kier molecular flexibility index (Phi) is 8.26. The Hall–Kier alpha value is -3.26. The van der Waals surface area contributed by atoms with Gasteiger partial charge in [-0.3, -0.25) is 4.79 Å². The Labute approximate surface area is 241 Å². The van der Waals surface area contributed by atoms with Crippen LogP contribution >= 0.6 is 11.8 Å². The molecule has 3 aromatic rings. The Morgan fingerprint density at radius 2 is 1.88 bits per heavy atom. The lowest BCUT2D eigenvalue weighted by Crippen LogP contribution is -2.54. The molecule has 0 radical (unpaired) electrons. The number of hydrogen-bond acceptors (Lipinski definition) is 4. The van der Waals surface area contributed by atoms with Crippen molar-refractivity contribution in [3.05, 3.63) is 65.5 Å². The highest BCUT2D eigenvalue weighted by atomic mass is 32.2. The molecule has 2 fully saturated rings. The summed E-state index contributed by atoms with van der Waals surface area (Å²) in [7, 11) is 0. The lowest BCUT2D eigenvalue weighted by molar-refractivity contribution is 0.0903. The van der Waals surface area contributed by atoms with Crippen molar-refractivity contribution in [2.45, 2.75) is 101 Å². The van der Waals surface area contributed by atoms with Gasteiger partial charge in [-0.05, 0) is 76.6 Å². The molecule has 2 aliphatic rings. The summed E-state index contributed by atoms with van der Waals surface area (Å²) in [5.74, 6) is 0.579. The molecule has 0 saturated carbocycles. The third kappa shape index (κ3) is 5.78. The molecule has 3 atom stereocenters. The number of carbonyl (C=O) groups excluding carboxylic acids is 1. The van der Waals surface area contributed by atoms with Gasteiger partial charge < -0.3 is 19.9 Å². The van der Waals surface area contributed by atoms with Crippen molar-refractivity contribution in [3.63, 3.8) is 0 Å².